The molecule has 2 nitrogen and oxygen atoms in total. The number of hydrogen-bond donors (Lipinski definition) is 0. The maximum Gasteiger partial charge on any atom is 0.136 e. The molecule has 0 spiro atoms. The van der Waals surface area contributed by atoms with Crippen molar-refractivity contribution in [1.82, 2.24) is 0 Å². The summed E-state index contributed by atoms with van der Waals surface area (Å²) in [7, 11) is 0. The molecular weight excluding hydrogens is 787 g/mol. The van der Waals surface area contributed by atoms with Crippen molar-refractivity contribution in [2.45, 2.75) is 17.8 Å². The number of furan rings is 1. The zero-order valence-electron chi connectivity index (χ0n) is 35.9. The molecule has 0 aliphatic heterocycles. The summed E-state index contributed by atoms with van der Waals surface area (Å²) in [5, 5.41) is 2.25. The second-order valence-corrected chi connectivity index (χ2v) is 17.7. The Bertz CT molecular complexity index is 3580. The van der Waals surface area contributed by atoms with E-state index in [-0.39, 0.29) is 5.41 Å². The largest absolute Gasteiger partial charge is 0.456 e. The molecule has 1 heterocycles. The van der Waals surface area contributed by atoms with Crippen LogP contribution in [0.4, 0.5) is 17.1 Å². The van der Waals surface area contributed by atoms with Crippen LogP contribution in [0.25, 0.3) is 55.3 Å². The van der Waals surface area contributed by atoms with Crippen LogP contribution in [0.3, 0.4) is 0 Å². The van der Waals surface area contributed by atoms with Crippen molar-refractivity contribution in [3.8, 4) is 33.4 Å². The Morgan fingerprint density at radius 2 is 0.815 bits per heavy atom. The molecule has 1 atom stereocenters. The summed E-state index contributed by atoms with van der Waals surface area (Å²) in [5.74, 6) is 0. The zero-order valence-corrected chi connectivity index (χ0v) is 35.9. The minimum absolute atomic E-state index is 0.294. The number of benzene rings is 10. The lowest BCUT2D eigenvalue weighted by Gasteiger charge is -2.34. The Morgan fingerprint density at radius 3 is 1.52 bits per heavy atom. The quantitative estimate of drug-likeness (QED) is 0.159. The van der Waals surface area contributed by atoms with Gasteiger partial charge in [-0.1, -0.05) is 194 Å². The lowest BCUT2D eigenvalue weighted by molar-refractivity contribution is 0.669. The summed E-state index contributed by atoms with van der Waals surface area (Å²) in [5.41, 5.74) is 20.6. The maximum absolute atomic E-state index is 6.39. The van der Waals surface area contributed by atoms with Gasteiger partial charge in [0.15, 0.2) is 0 Å². The van der Waals surface area contributed by atoms with Crippen molar-refractivity contribution in [2.75, 3.05) is 4.90 Å². The monoisotopic (exact) mass is 829 g/mol. The topological polar surface area (TPSA) is 16.4 Å². The van der Waals surface area contributed by atoms with Gasteiger partial charge in [0, 0.05) is 33.2 Å². The normalized spacial score (nSPS) is 15.3. The van der Waals surface area contributed by atoms with Crippen LogP contribution in [0.15, 0.2) is 247 Å². The van der Waals surface area contributed by atoms with Gasteiger partial charge in [0.25, 0.3) is 0 Å². The maximum atomic E-state index is 6.39. The van der Waals surface area contributed by atoms with Gasteiger partial charge in [0.2, 0.25) is 0 Å². The lowest BCUT2D eigenvalue weighted by Crippen LogP contribution is -2.28. The first kappa shape index (κ1) is 37.4. The fourth-order valence-electron chi connectivity index (χ4n) is 11.6. The van der Waals surface area contributed by atoms with E-state index < -0.39 is 5.41 Å². The van der Waals surface area contributed by atoms with E-state index in [1.807, 2.05) is 6.07 Å². The van der Waals surface area contributed by atoms with Gasteiger partial charge in [-0.25, -0.2) is 0 Å². The molecule has 2 heteroatoms. The predicted molar refractivity (Wildman–Crippen MR) is 269 cm³/mol. The van der Waals surface area contributed by atoms with Crippen molar-refractivity contribution in [3.63, 3.8) is 0 Å². The molecular formula is C63H43NO. The van der Waals surface area contributed by atoms with Gasteiger partial charge in [-0.3, -0.25) is 0 Å². The molecule has 306 valence electrons. The van der Waals surface area contributed by atoms with E-state index in [1.54, 1.807) is 0 Å². The Hall–Kier alpha value is -8.20. The summed E-state index contributed by atoms with van der Waals surface area (Å²) in [6, 6.07) is 89.2. The van der Waals surface area contributed by atoms with E-state index in [4.69, 9.17) is 4.42 Å². The van der Waals surface area contributed by atoms with E-state index in [0.717, 1.165) is 50.1 Å². The summed E-state index contributed by atoms with van der Waals surface area (Å²) in [4.78, 5) is 2.46. The highest BCUT2D eigenvalue weighted by atomic mass is 16.3. The van der Waals surface area contributed by atoms with Crippen LogP contribution in [0.5, 0.6) is 0 Å². The molecule has 0 fully saturated rings. The molecule has 2 aliphatic rings. The van der Waals surface area contributed by atoms with Crippen molar-refractivity contribution < 1.29 is 4.42 Å². The number of nitrogens with zero attached hydrogens (tertiary/aromatic N) is 1. The molecule has 0 bridgehead atoms. The number of para-hydroxylation sites is 1. The average molecular weight is 830 g/mol. The number of hydrogen-bond acceptors (Lipinski definition) is 2. The van der Waals surface area contributed by atoms with E-state index in [9.17, 15) is 0 Å². The van der Waals surface area contributed by atoms with Crippen LogP contribution in [-0.2, 0) is 10.8 Å². The average Bonchev–Trinajstić information content (AvgIpc) is 4.00. The van der Waals surface area contributed by atoms with E-state index >= 15 is 0 Å². The third-order valence-corrected chi connectivity index (χ3v) is 14.4. The minimum Gasteiger partial charge on any atom is -0.456 e. The van der Waals surface area contributed by atoms with Crippen LogP contribution in [-0.4, -0.2) is 0 Å². The van der Waals surface area contributed by atoms with Crippen molar-refractivity contribution in [3.05, 3.63) is 282 Å². The molecule has 13 rings (SSSR count). The SMILES string of the molecule is CC1(c2ccccc2)c2ccccc2-c2cc(N(c3cccc(-c4cccc5oc6ccccc6c45)c3)c3ccc4c(c3)-c3ccccc3C4(c3ccccc3)c3ccccc3)ccc21. The van der Waals surface area contributed by atoms with Crippen LogP contribution in [0.2, 0.25) is 0 Å². The second-order valence-electron chi connectivity index (χ2n) is 17.7. The van der Waals surface area contributed by atoms with Gasteiger partial charge in [0.05, 0.1) is 5.41 Å². The van der Waals surface area contributed by atoms with Gasteiger partial charge in [0.1, 0.15) is 11.2 Å². The summed E-state index contributed by atoms with van der Waals surface area (Å²) in [6.07, 6.45) is 0. The molecule has 0 radical (unpaired) electrons. The molecule has 0 amide bonds. The number of anilines is 3. The third kappa shape index (κ3) is 5.41. The van der Waals surface area contributed by atoms with Gasteiger partial charge >= 0.3 is 0 Å². The highest BCUT2D eigenvalue weighted by Gasteiger charge is 2.46. The Balaban J connectivity index is 1.05. The summed E-state index contributed by atoms with van der Waals surface area (Å²) < 4.78 is 6.39. The van der Waals surface area contributed by atoms with Crippen LogP contribution in [0, 0.1) is 0 Å². The summed E-state index contributed by atoms with van der Waals surface area (Å²) >= 11 is 0. The Kier molecular flexibility index (Phi) is 8.29. The molecule has 1 unspecified atom stereocenters. The van der Waals surface area contributed by atoms with Crippen LogP contribution >= 0.6 is 0 Å². The third-order valence-electron chi connectivity index (χ3n) is 14.4. The Morgan fingerprint density at radius 1 is 0.338 bits per heavy atom. The highest BCUT2D eigenvalue weighted by Crippen LogP contribution is 2.58. The van der Waals surface area contributed by atoms with E-state index in [2.05, 4.69) is 248 Å². The molecule has 11 aromatic rings. The predicted octanol–water partition coefficient (Wildman–Crippen LogP) is 16.4. The van der Waals surface area contributed by atoms with Crippen LogP contribution < -0.4 is 4.90 Å². The van der Waals surface area contributed by atoms with Crippen LogP contribution in [0.1, 0.15) is 45.9 Å². The lowest BCUT2D eigenvalue weighted by atomic mass is 9.68. The van der Waals surface area contributed by atoms with Gasteiger partial charge < -0.3 is 9.32 Å². The summed E-state index contributed by atoms with van der Waals surface area (Å²) in [6.45, 7) is 2.39. The highest BCUT2D eigenvalue weighted by molar-refractivity contribution is 6.12. The molecule has 0 N–H and O–H groups in total. The second kappa shape index (κ2) is 14.4. The first-order valence-electron chi connectivity index (χ1n) is 22.6. The fraction of sp³-hybridized carbons (Fsp3) is 0.0476. The molecule has 2 aliphatic carbocycles. The number of rotatable bonds is 7. The molecule has 1 aromatic heterocycles. The van der Waals surface area contributed by atoms with Crippen molar-refractivity contribution in [1.29, 1.82) is 0 Å². The van der Waals surface area contributed by atoms with Crippen molar-refractivity contribution >= 4 is 39.0 Å². The molecule has 10 aromatic carbocycles. The first-order valence-corrected chi connectivity index (χ1v) is 22.6. The standard InChI is InChI=1S/C63H43NO/c1-62(43-20-5-2-6-21-43)55-31-14-11-27-50(55)53-40-47(35-37-56(53)62)64(46-26-17-19-42(39-46)49-30-18-34-60-61(49)52-29-13-16-33-59(52)65-60)48-36-38-58-54(41-48)51-28-12-15-32-57(51)63(58,44-22-7-3-8-23-44)45-24-9-4-10-25-45/h2-41H,1H3. The van der Waals surface area contributed by atoms with Crippen molar-refractivity contribution in [2.24, 2.45) is 0 Å². The first-order chi connectivity index (χ1) is 32.1. The van der Waals surface area contributed by atoms with Gasteiger partial charge in [-0.2, -0.15) is 0 Å². The Labute approximate surface area is 379 Å². The molecule has 0 saturated carbocycles. The zero-order chi connectivity index (χ0) is 43.1. The van der Waals surface area contributed by atoms with Gasteiger partial charge in [-0.15, -0.1) is 0 Å². The number of fused-ring (bicyclic) bond motifs is 9. The van der Waals surface area contributed by atoms with E-state index in [0.29, 0.717) is 0 Å². The molecule has 0 saturated heterocycles. The minimum atomic E-state index is -0.483. The smallest absolute Gasteiger partial charge is 0.136 e. The van der Waals surface area contributed by atoms with Gasteiger partial charge in [-0.05, 0) is 128 Å². The van der Waals surface area contributed by atoms with E-state index in [1.165, 1.54) is 61.2 Å². The molecule has 65 heavy (non-hydrogen) atoms. The fourth-order valence-corrected chi connectivity index (χ4v) is 11.6.